The molecule has 9 nitrogen and oxygen atoms in total. The maximum absolute atomic E-state index is 13.3. The minimum Gasteiger partial charge on any atom is -0.493 e. The predicted molar refractivity (Wildman–Crippen MR) is 118 cm³/mol. The molecule has 0 heterocycles. The molecule has 172 valence electrons. The molecule has 0 saturated heterocycles. The van der Waals surface area contributed by atoms with Gasteiger partial charge in [-0.05, 0) is 29.8 Å². The van der Waals surface area contributed by atoms with Crippen molar-refractivity contribution in [3.05, 3.63) is 81.7 Å². The summed E-state index contributed by atoms with van der Waals surface area (Å²) < 4.78 is 34.4. The molecule has 0 bridgehead atoms. The number of carbonyl (C=O) groups is 1. The quantitative estimate of drug-likeness (QED) is 0.370. The number of amides is 1. The first-order chi connectivity index (χ1) is 15.9. The minimum atomic E-state index is -0.746. The summed E-state index contributed by atoms with van der Waals surface area (Å²) in [5.74, 6) is -0.937. The average molecular weight is 456 g/mol. The molecule has 0 saturated carbocycles. The van der Waals surface area contributed by atoms with Crippen LogP contribution < -0.4 is 24.3 Å². The topological polar surface area (TPSA) is 109 Å². The highest BCUT2D eigenvalue weighted by atomic mass is 19.1. The first kappa shape index (κ1) is 23.3. The van der Waals surface area contributed by atoms with Crippen LogP contribution in [0.4, 0.5) is 15.8 Å². The van der Waals surface area contributed by atoms with E-state index in [-0.39, 0.29) is 29.4 Å². The van der Waals surface area contributed by atoms with E-state index in [9.17, 15) is 19.3 Å². The number of nitrogens with one attached hydrogen (secondary N) is 1. The monoisotopic (exact) mass is 456 g/mol. The van der Waals surface area contributed by atoms with Gasteiger partial charge in [-0.3, -0.25) is 14.9 Å². The molecule has 3 rings (SSSR count). The molecule has 0 atom stereocenters. The van der Waals surface area contributed by atoms with Gasteiger partial charge in [-0.25, -0.2) is 4.39 Å². The molecule has 0 fully saturated rings. The van der Waals surface area contributed by atoms with E-state index in [1.165, 1.54) is 45.6 Å². The molecule has 0 radical (unpaired) electrons. The van der Waals surface area contributed by atoms with Crippen molar-refractivity contribution in [2.45, 2.75) is 6.61 Å². The zero-order valence-corrected chi connectivity index (χ0v) is 18.1. The summed E-state index contributed by atoms with van der Waals surface area (Å²) in [4.78, 5) is 24.0. The second kappa shape index (κ2) is 10.3. The molecule has 0 aromatic heterocycles. The Balaban J connectivity index is 1.86. The molecule has 1 amide bonds. The van der Waals surface area contributed by atoms with Crippen LogP contribution in [-0.4, -0.2) is 32.2 Å². The van der Waals surface area contributed by atoms with E-state index < -0.39 is 22.3 Å². The molecule has 0 unspecified atom stereocenters. The van der Waals surface area contributed by atoms with Crippen LogP contribution in [-0.2, 0) is 6.61 Å². The van der Waals surface area contributed by atoms with E-state index in [1.807, 2.05) is 0 Å². The highest BCUT2D eigenvalue weighted by molar-refractivity contribution is 6.08. The summed E-state index contributed by atoms with van der Waals surface area (Å²) in [6.07, 6.45) is 0. The summed E-state index contributed by atoms with van der Waals surface area (Å²) in [5.41, 5.74) is 0.244. The fraction of sp³-hybridized carbons (Fsp3) is 0.174. The fourth-order valence-electron chi connectivity index (χ4n) is 3.16. The van der Waals surface area contributed by atoms with Crippen LogP contribution in [0.1, 0.15) is 15.9 Å². The molecule has 0 spiro atoms. The molecule has 0 aliphatic heterocycles. The van der Waals surface area contributed by atoms with Crippen molar-refractivity contribution in [3.8, 4) is 23.0 Å². The van der Waals surface area contributed by atoms with E-state index in [2.05, 4.69) is 5.32 Å². The maximum atomic E-state index is 13.3. The number of ether oxygens (including phenoxy) is 4. The average Bonchev–Trinajstić information content (AvgIpc) is 2.81. The summed E-state index contributed by atoms with van der Waals surface area (Å²) in [6.45, 7) is 0.123. The SMILES string of the molecule is COc1cc(C(=O)Nc2cccc(COc3cccc(F)c3)c2)c([N+](=O)[O-])c(OC)c1OC. The van der Waals surface area contributed by atoms with Crippen molar-refractivity contribution in [3.63, 3.8) is 0 Å². The second-order valence-electron chi connectivity index (χ2n) is 6.70. The summed E-state index contributed by atoms with van der Waals surface area (Å²) in [7, 11) is 3.88. The summed E-state index contributed by atoms with van der Waals surface area (Å²) >= 11 is 0. The van der Waals surface area contributed by atoms with E-state index in [1.54, 1.807) is 30.3 Å². The van der Waals surface area contributed by atoms with Gasteiger partial charge in [0.25, 0.3) is 5.91 Å². The molecule has 1 N–H and O–H groups in total. The van der Waals surface area contributed by atoms with Crippen molar-refractivity contribution in [2.75, 3.05) is 26.6 Å². The normalized spacial score (nSPS) is 10.3. The smallest absolute Gasteiger partial charge is 0.327 e. The molecular weight excluding hydrogens is 435 g/mol. The van der Waals surface area contributed by atoms with Crippen molar-refractivity contribution >= 4 is 17.3 Å². The molecule has 33 heavy (non-hydrogen) atoms. The first-order valence-corrected chi connectivity index (χ1v) is 9.64. The van der Waals surface area contributed by atoms with Gasteiger partial charge in [0.05, 0.1) is 26.3 Å². The van der Waals surface area contributed by atoms with Gasteiger partial charge in [-0.2, -0.15) is 0 Å². The molecule has 10 heteroatoms. The van der Waals surface area contributed by atoms with Gasteiger partial charge in [0.1, 0.15) is 23.7 Å². The number of nitrogens with zero attached hydrogens (tertiary/aromatic N) is 1. The highest BCUT2D eigenvalue weighted by Crippen LogP contribution is 2.46. The van der Waals surface area contributed by atoms with Crippen LogP contribution in [0.2, 0.25) is 0 Å². The van der Waals surface area contributed by atoms with Crippen LogP contribution in [0.25, 0.3) is 0 Å². The zero-order valence-electron chi connectivity index (χ0n) is 18.1. The maximum Gasteiger partial charge on any atom is 0.327 e. The Hall–Kier alpha value is -4.34. The minimum absolute atomic E-state index is 0.000236. The highest BCUT2D eigenvalue weighted by Gasteiger charge is 2.32. The molecule has 3 aromatic carbocycles. The lowest BCUT2D eigenvalue weighted by atomic mass is 10.1. The van der Waals surface area contributed by atoms with Gasteiger partial charge in [-0.15, -0.1) is 0 Å². The van der Waals surface area contributed by atoms with Crippen molar-refractivity contribution in [1.29, 1.82) is 0 Å². The largest absolute Gasteiger partial charge is 0.493 e. The van der Waals surface area contributed by atoms with E-state index in [4.69, 9.17) is 18.9 Å². The van der Waals surface area contributed by atoms with Gasteiger partial charge in [-0.1, -0.05) is 18.2 Å². The Bertz CT molecular complexity index is 1180. The van der Waals surface area contributed by atoms with Gasteiger partial charge >= 0.3 is 5.69 Å². The van der Waals surface area contributed by atoms with E-state index >= 15 is 0 Å². The Kier molecular flexibility index (Phi) is 7.29. The van der Waals surface area contributed by atoms with Crippen LogP contribution in [0.3, 0.4) is 0 Å². The summed E-state index contributed by atoms with van der Waals surface area (Å²) in [5, 5.41) is 14.4. The van der Waals surface area contributed by atoms with Gasteiger partial charge < -0.3 is 24.3 Å². The number of methoxy groups -OCH3 is 3. The van der Waals surface area contributed by atoms with Crippen molar-refractivity contribution in [2.24, 2.45) is 0 Å². The van der Waals surface area contributed by atoms with E-state index in [0.717, 1.165) is 0 Å². The Labute approximate surface area is 188 Å². The van der Waals surface area contributed by atoms with Crippen LogP contribution in [0, 0.1) is 15.9 Å². The lowest BCUT2D eigenvalue weighted by Gasteiger charge is -2.15. The number of benzene rings is 3. The standard InChI is InChI=1S/C23H21FN2O7/c1-30-19-12-18(20(26(28)29)22(32-3)21(19)31-2)23(27)25-16-8-4-6-14(10-16)13-33-17-9-5-7-15(24)11-17/h4-12H,13H2,1-3H3,(H,25,27). The van der Waals surface area contributed by atoms with Crippen LogP contribution in [0.15, 0.2) is 54.6 Å². The first-order valence-electron chi connectivity index (χ1n) is 9.64. The number of hydrogen-bond acceptors (Lipinski definition) is 7. The lowest BCUT2D eigenvalue weighted by Crippen LogP contribution is -2.15. The Morgan fingerprint density at radius 2 is 1.73 bits per heavy atom. The van der Waals surface area contributed by atoms with Gasteiger partial charge in [0.2, 0.25) is 11.5 Å². The third kappa shape index (κ3) is 5.29. The third-order valence-corrected chi connectivity index (χ3v) is 4.62. The Morgan fingerprint density at radius 3 is 2.36 bits per heavy atom. The van der Waals surface area contributed by atoms with E-state index in [0.29, 0.717) is 17.0 Å². The molecule has 0 aliphatic carbocycles. The molecule has 0 aliphatic rings. The van der Waals surface area contributed by atoms with Crippen molar-refractivity contribution in [1.82, 2.24) is 0 Å². The zero-order chi connectivity index (χ0) is 24.0. The number of anilines is 1. The predicted octanol–water partition coefficient (Wildman–Crippen LogP) is 4.59. The lowest BCUT2D eigenvalue weighted by molar-refractivity contribution is -0.386. The second-order valence-corrected chi connectivity index (χ2v) is 6.70. The number of halogens is 1. The van der Waals surface area contributed by atoms with Gasteiger partial charge in [0, 0.05) is 17.8 Å². The summed E-state index contributed by atoms with van der Waals surface area (Å²) in [6, 6.07) is 13.6. The third-order valence-electron chi connectivity index (χ3n) is 4.62. The fourth-order valence-corrected chi connectivity index (χ4v) is 3.16. The van der Waals surface area contributed by atoms with Gasteiger partial charge in [0.15, 0.2) is 5.75 Å². The number of nitro benzene ring substituents is 1. The number of nitro groups is 1. The van der Waals surface area contributed by atoms with Crippen LogP contribution >= 0.6 is 0 Å². The number of hydrogen-bond donors (Lipinski definition) is 1. The van der Waals surface area contributed by atoms with Crippen molar-refractivity contribution < 1.29 is 33.1 Å². The van der Waals surface area contributed by atoms with Crippen LogP contribution in [0.5, 0.6) is 23.0 Å². The Morgan fingerprint density at radius 1 is 1.00 bits per heavy atom. The number of carbonyl (C=O) groups excluding carboxylic acids is 1. The number of rotatable bonds is 9. The molecule has 3 aromatic rings. The molecular formula is C23H21FN2O7.